The summed E-state index contributed by atoms with van der Waals surface area (Å²) in [5.74, 6) is 0. The third-order valence-electron chi connectivity index (χ3n) is 6.40. The lowest BCUT2D eigenvalue weighted by atomic mass is 9.99. The zero-order valence-corrected chi connectivity index (χ0v) is 20.0. The van der Waals surface area contributed by atoms with Crippen LogP contribution in [0.1, 0.15) is 96.8 Å². The summed E-state index contributed by atoms with van der Waals surface area (Å²) < 4.78 is 10.7. The van der Waals surface area contributed by atoms with E-state index < -0.39 is 49.5 Å². The maximum absolute atomic E-state index is 10.2. The molecule has 8 nitrogen and oxygen atoms in total. The molecule has 0 aliphatic carbocycles. The molecule has 0 bridgehead atoms. The van der Waals surface area contributed by atoms with E-state index in [0.29, 0.717) is 6.42 Å². The summed E-state index contributed by atoms with van der Waals surface area (Å²) in [5.41, 5.74) is 5.98. The van der Waals surface area contributed by atoms with Gasteiger partial charge in [-0.25, -0.2) is 0 Å². The Kier molecular flexibility index (Phi) is 16.8. The van der Waals surface area contributed by atoms with E-state index in [1.54, 1.807) is 0 Å². The summed E-state index contributed by atoms with van der Waals surface area (Å²) in [6, 6.07) is -0.653. The lowest BCUT2D eigenvalue weighted by Crippen LogP contribution is -2.59. The first-order valence-corrected chi connectivity index (χ1v) is 12.8. The Morgan fingerprint density at radius 2 is 1.28 bits per heavy atom. The first-order valence-electron chi connectivity index (χ1n) is 12.8. The zero-order valence-electron chi connectivity index (χ0n) is 20.0. The van der Waals surface area contributed by atoms with Crippen molar-refractivity contribution in [2.24, 2.45) is 5.73 Å². The van der Waals surface area contributed by atoms with Crippen LogP contribution in [-0.4, -0.2) is 81.6 Å². The van der Waals surface area contributed by atoms with Crippen molar-refractivity contribution in [1.29, 1.82) is 0 Å². The van der Waals surface area contributed by atoms with E-state index in [9.17, 15) is 25.5 Å². The Labute approximate surface area is 194 Å². The molecular formula is C24H49NO7. The van der Waals surface area contributed by atoms with Gasteiger partial charge in [-0.2, -0.15) is 0 Å². The standard InChI is InChI=1S/C24H49NO7/c1-2-3-4-5-6-7-8-9-10-11-12-13-14-15-19(27)18(25)17-31-24-23(30)22(29)21(28)20(16-26)32-24/h18-24,26-30H,2-17,25H2,1H3/t18?,19?,20-,21-,22+,23-,24-/m1/s1. The minimum Gasteiger partial charge on any atom is -0.394 e. The fourth-order valence-corrected chi connectivity index (χ4v) is 4.11. The maximum Gasteiger partial charge on any atom is 0.186 e. The van der Waals surface area contributed by atoms with Crippen LogP contribution >= 0.6 is 0 Å². The summed E-state index contributed by atoms with van der Waals surface area (Å²) in [6.07, 6.45) is 9.70. The summed E-state index contributed by atoms with van der Waals surface area (Å²) in [4.78, 5) is 0. The number of nitrogens with two attached hydrogens (primary N) is 1. The van der Waals surface area contributed by atoms with Gasteiger partial charge in [-0.15, -0.1) is 0 Å². The van der Waals surface area contributed by atoms with Gasteiger partial charge in [-0.1, -0.05) is 90.4 Å². The summed E-state index contributed by atoms with van der Waals surface area (Å²) in [5, 5.41) is 49.0. The highest BCUT2D eigenvalue weighted by molar-refractivity contribution is 4.89. The number of hydrogen-bond acceptors (Lipinski definition) is 8. The molecule has 7 N–H and O–H groups in total. The van der Waals surface area contributed by atoms with Crippen molar-refractivity contribution >= 4 is 0 Å². The van der Waals surface area contributed by atoms with Crippen LogP contribution in [-0.2, 0) is 9.47 Å². The number of unbranched alkanes of at least 4 members (excludes halogenated alkanes) is 12. The van der Waals surface area contributed by atoms with Gasteiger partial charge in [0, 0.05) is 0 Å². The van der Waals surface area contributed by atoms with Crippen LogP contribution in [0.15, 0.2) is 0 Å². The molecule has 32 heavy (non-hydrogen) atoms. The topological polar surface area (TPSA) is 146 Å². The fourth-order valence-electron chi connectivity index (χ4n) is 4.11. The molecule has 1 aliphatic rings. The summed E-state index contributed by atoms with van der Waals surface area (Å²) in [6.45, 7) is 1.67. The average Bonchev–Trinajstić information content (AvgIpc) is 2.79. The second-order valence-corrected chi connectivity index (χ2v) is 9.29. The lowest BCUT2D eigenvalue weighted by molar-refractivity contribution is -0.302. The number of aliphatic hydroxyl groups excluding tert-OH is 5. The van der Waals surface area contributed by atoms with Crippen molar-refractivity contribution in [3.05, 3.63) is 0 Å². The monoisotopic (exact) mass is 463 g/mol. The van der Waals surface area contributed by atoms with Crippen LogP contribution in [0.2, 0.25) is 0 Å². The van der Waals surface area contributed by atoms with Crippen molar-refractivity contribution in [2.45, 2.75) is 140 Å². The van der Waals surface area contributed by atoms with Gasteiger partial charge < -0.3 is 40.7 Å². The Bertz CT molecular complexity index is 441. The van der Waals surface area contributed by atoms with Gasteiger partial charge in [-0.05, 0) is 6.42 Å². The summed E-state index contributed by atoms with van der Waals surface area (Å²) in [7, 11) is 0. The van der Waals surface area contributed by atoms with Gasteiger partial charge in [0.2, 0.25) is 0 Å². The normalized spacial score (nSPS) is 28.0. The summed E-state index contributed by atoms with van der Waals surface area (Å²) >= 11 is 0. The highest BCUT2D eigenvalue weighted by atomic mass is 16.7. The average molecular weight is 464 g/mol. The molecule has 1 fully saturated rings. The van der Waals surface area contributed by atoms with E-state index in [1.165, 1.54) is 70.6 Å². The predicted octanol–water partition coefficient (Wildman–Crippen LogP) is 1.97. The second-order valence-electron chi connectivity index (χ2n) is 9.29. The SMILES string of the molecule is CCCCCCCCCCCCCCCC(O)C(N)CO[C@@H]1O[C@H](CO)[C@@H](O)[C@H](O)[C@H]1O. The van der Waals surface area contributed by atoms with Crippen molar-refractivity contribution in [3.63, 3.8) is 0 Å². The number of hydrogen-bond donors (Lipinski definition) is 6. The minimum absolute atomic E-state index is 0.0672. The largest absolute Gasteiger partial charge is 0.394 e. The first-order chi connectivity index (χ1) is 15.4. The molecular weight excluding hydrogens is 414 g/mol. The molecule has 1 aliphatic heterocycles. The van der Waals surface area contributed by atoms with Crippen LogP contribution in [0.5, 0.6) is 0 Å². The molecule has 7 atom stereocenters. The molecule has 0 amide bonds. The van der Waals surface area contributed by atoms with E-state index in [1.807, 2.05) is 0 Å². The highest BCUT2D eigenvalue weighted by Crippen LogP contribution is 2.22. The fraction of sp³-hybridized carbons (Fsp3) is 1.00. The van der Waals surface area contributed by atoms with Gasteiger partial charge in [-0.3, -0.25) is 0 Å². The molecule has 0 aromatic heterocycles. The quantitative estimate of drug-likeness (QED) is 0.159. The van der Waals surface area contributed by atoms with E-state index >= 15 is 0 Å². The second kappa shape index (κ2) is 18.1. The van der Waals surface area contributed by atoms with Gasteiger partial charge in [0.25, 0.3) is 0 Å². The Morgan fingerprint density at radius 3 is 1.78 bits per heavy atom. The molecule has 1 saturated heterocycles. The van der Waals surface area contributed by atoms with E-state index in [0.717, 1.165) is 12.8 Å². The van der Waals surface area contributed by atoms with E-state index in [-0.39, 0.29) is 6.61 Å². The van der Waals surface area contributed by atoms with E-state index in [2.05, 4.69) is 6.92 Å². The molecule has 0 aromatic carbocycles. The highest BCUT2D eigenvalue weighted by Gasteiger charge is 2.44. The molecule has 192 valence electrons. The molecule has 1 heterocycles. The Morgan fingerprint density at radius 1 is 0.781 bits per heavy atom. The Balaban J connectivity index is 2.03. The van der Waals surface area contributed by atoms with Crippen LogP contribution < -0.4 is 5.73 Å². The predicted molar refractivity (Wildman–Crippen MR) is 124 cm³/mol. The van der Waals surface area contributed by atoms with Crippen molar-refractivity contribution < 1.29 is 35.0 Å². The van der Waals surface area contributed by atoms with Gasteiger partial charge in [0.15, 0.2) is 6.29 Å². The first kappa shape index (κ1) is 29.7. The van der Waals surface area contributed by atoms with Gasteiger partial charge >= 0.3 is 0 Å². The third-order valence-corrected chi connectivity index (χ3v) is 6.40. The van der Waals surface area contributed by atoms with Crippen LogP contribution in [0.25, 0.3) is 0 Å². The molecule has 2 unspecified atom stereocenters. The number of rotatable bonds is 19. The minimum atomic E-state index is -1.49. The Hall–Kier alpha value is -0.320. The third kappa shape index (κ3) is 11.7. The molecule has 0 aromatic rings. The van der Waals surface area contributed by atoms with Gasteiger partial charge in [0.1, 0.15) is 24.4 Å². The maximum atomic E-state index is 10.2. The lowest BCUT2D eigenvalue weighted by Gasteiger charge is -2.40. The molecule has 1 rings (SSSR count). The molecule has 0 saturated carbocycles. The molecule has 0 spiro atoms. The number of ether oxygens (including phenoxy) is 2. The van der Waals surface area contributed by atoms with Crippen LogP contribution in [0, 0.1) is 0 Å². The van der Waals surface area contributed by atoms with E-state index in [4.69, 9.17) is 15.2 Å². The molecule has 8 heteroatoms. The number of aliphatic hydroxyl groups is 5. The van der Waals surface area contributed by atoms with Gasteiger partial charge in [0.05, 0.1) is 25.4 Å². The van der Waals surface area contributed by atoms with Crippen LogP contribution in [0.4, 0.5) is 0 Å². The zero-order chi connectivity index (χ0) is 23.8. The molecule has 0 radical (unpaired) electrons. The smallest absolute Gasteiger partial charge is 0.186 e. The van der Waals surface area contributed by atoms with Crippen LogP contribution in [0.3, 0.4) is 0 Å². The van der Waals surface area contributed by atoms with Crippen molar-refractivity contribution in [2.75, 3.05) is 13.2 Å². The van der Waals surface area contributed by atoms with Crippen molar-refractivity contribution in [3.8, 4) is 0 Å². The van der Waals surface area contributed by atoms with Crippen molar-refractivity contribution in [1.82, 2.24) is 0 Å².